The number of sulfone groups is 1. The molecule has 0 unspecified atom stereocenters. The first-order chi connectivity index (χ1) is 11.3. The lowest BCUT2D eigenvalue weighted by atomic mass is 10.2. The van der Waals surface area contributed by atoms with Gasteiger partial charge in [-0.2, -0.15) is 0 Å². The molecule has 0 saturated heterocycles. The van der Waals surface area contributed by atoms with Crippen molar-refractivity contribution in [1.29, 1.82) is 0 Å². The normalized spacial score (nSPS) is 13.0. The van der Waals surface area contributed by atoms with Crippen LogP contribution >= 0.6 is 0 Å². The number of carbonyl (C=O) groups is 2. The second-order valence-electron chi connectivity index (χ2n) is 6.32. The minimum Gasteiger partial charge on any atom is -0.489 e. The number of amides is 1. The topological polar surface area (TPSA) is 145 Å². The van der Waals surface area contributed by atoms with E-state index in [1.807, 2.05) is 0 Å². The van der Waals surface area contributed by atoms with E-state index >= 15 is 0 Å². The summed E-state index contributed by atoms with van der Waals surface area (Å²) < 4.78 is 33.2. The number of nitrogen functional groups attached to an aromatic ring is 1. The molecule has 0 spiro atoms. The van der Waals surface area contributed by atoms with Gasteiger partial charge in [-0.1, -0.05) is 0 Å². The highest BCUT2D eigenvalue weighted by Crippen LogP contribution is 2.25. The van der Waals surface area contributed by atoms with Crippen LogP contribution in [0, 0.1) is 0 Å². The second-order valence-corrected chi connectivity index (χ2v) is 8.34. The summed E-state index contributed by atoms with van der Waals surface area (Å²) in [6, 6.07) is 2.45. The Morgan fingerprint density at radius 3 is 2.36 bits per heavy atom. The van der Waals surface area contributed by atoms with Crippen LogP contribution in [-0.2, 0) is 19.4 Å². The molecule has 1 aromatic rings. The van der Waals surface area contributed by atoms with Crippen LogP contribution in [0.25, 0.3) is 0 Å². The quantitative estimate of drug-likeness (QED) is 0.626. The van der Waals surface area contributed by atoms with E-state index in [0.717, 1.165) is 6.26 Å². The summed E-state index contributed by atoms with van der Waals surface area (Å²) >= 11 is 0. The number of rotatable bonds is 6. The van der Waals surface area contributed by atoms with Crippen LogP contribution in [0.1, 0.15) is 20.8 Å². The number of aliphatic carboxylic acids is 1. The number of nitrogens with one attached hydrogen (secondary N) is 1. The van der Waals surface area contributed by atoms with E-state index < -0.39 is 40.1 Å². The molecular formula is C15H22N2O7S. The molecule has 1 rings (SSSR count). The number of benzene rings is 1. The van der Waals surface area contributed by atoms with Gasteiger partial charge in [0.1, 0.15) is 18.0 Å². The number of alkyl carbamates (subject to hydrolysis) is 1. The van der Waals surface area contributed by atoms with E-state index in [0.29, 0.717) is 0 Å². The van der Waals surface area contributed by atoms with Crippen molar-refractivity contribution in [1.82, 2.24) is 5.32 Å². The minimum absolute atomic E-state index is 0.0130. The highest BCUT2D eigenvalue weighted by molar-refractivity contribution is 7.90. The van der Waals surface area contributed by atoms with Crippen molar-refractivity contribution >= 4 is 27.6 Å². The van der Waals surface area contributed by atoms with Gasteiger partial charge in [-0.25, -0.2) is 18.0 Å². The summed E-state index contributed by atoms with van der Waals surface area (Å²) in [7, 11) is -3.42. The summed E-state index contributed by atoms with van der Waals surface area (Å²) in [4.78, 5) is 22.9. The first-order valence-corrected chi connectivity index (χ1v) is 9.13. The average molecular weight is 374 g/mol. The van der Waals surface area contributed by atoms with Gasteiger partial charge in [0.2, 0.25) is 0 Å². The molecule has 0 aromatic heterocycles. The van der Waals surface area contributed by atoms with Gasteiger partial charge < -0.3 is 25.6 Å². The molecule has 0 heterocycles. The van der Waals surface area contributed by atoms with Crippen LogP contribution < -0.4 is 15.8 Å². The molecule has 0 fully saturated rings. The van der Waals surface area contributed by atoms with Crippen LogP contribution in [-0.4, -0.2) is 50.1 Å². The molecule has 4 N–H and O–H groups in total. The average Bonchev–Trinajstić information content (AvgIpc) is 2.41. The van der Waals surface area contributed by atoms with E-state index in [-0.39, 0.29) is 16.3 Å². The molecule has 0 bridgehead atoms. The van der Waals surface area contributed by atoms with Crippen LogP contribution in [0.2, 0.25) is 0 Å². The first kappa shape index (κ1) is 20.6. The number of carboxylic acids is 1. The molecular weight excluding hydrogens is 352 g/mol. The van der Waals surface area contributed by atoms with E-state index in [9.17, 15) is 18.0 Å². The molecule has 0 radical (unpaired) electrons. The van der Waals surface area contributed by atoms with Gasteiger partial charge in [0.15, 0.2) is 15.9 Å². The third-order valence-electron chi connectivity index (χ3n) is 2.80. The molecule has 0 aliphatic rings. The smallest absolute Gasteiger partial charge is 0.408 e. The number of nitrogens with two attached hydrogens (primary N) is 1. The van der Waals surface area contributed by atoms with Crippen LogP contribution in [0.3, 0.4) is 0 Å². The first-order valence-electron chi connectivity index (χ1n) is 7.24. The summed E-state index contributed by atoms with van der Waals surface area (Å²) in [5, 5.41) is 11.3. The highest BCUT2D eigenvalue weighted by Gasteiger charge is 2.25. The lowest BCUT2D eigenvalue weighted by Crippen LogP contribution is -2.46. The minimum atomic E-state index is -3.42. The Morgan fingerprint density at radius 2 is 1.92 bits per heavy atom. The summed E-state index contributed by atoms with van der Waals surface area (Å²) in [5.41, 5.74) is 4.97. The van der Waals surface area contributed by atoms with Crippen molar-refractivity contribution in [3.63, 3.8) is 0 Å². The van der Waals surface area contributed by atoms with Crippen molar-refractivity contribution in [3.8, 4) is 5.75 Å². The lowest BCUT2D eigenvalue weighted by Gasteiger charge is -2.22. The molecule has 0 saturated carbocycles. The van der Waals surface area contributed by atoms with Gasteiger partial charge in [0.25, 0.3) is 0 Å². The fourth-order valence-electron chi connectivity index (χ4n) is 1.69. The summed E-state index contributed by atoms with van der Waals surface area (Å²) in [6.07, 6.45) is 0.136. The molecule has 1 amide bonds. The van der Waals surface area contributed by atoms with Crippen LogP contribution in [0.15, 0.2) is 23.1 Å². The largest absolute Gasteiger partial charge is 0.489 e. The Morgan fingerprint density at radius 1 is 1.32 bits per heavy atom. The fraction of sp³-hybridized carbons (Fsp3) is 0.467. The third kappa shape index (κ3) is 6.87. The van der Waals surface area contributed by atoms with E-state index in [1.165, 1.54) is 18.2 Å². The standard InChI is InChI=1S/C15H22N2O7S/c1-15(2,3)24-14(20)17-11(13(18)19)8-23-12-6-5-9(7-10(12)16)25(4,21)22/h5-7,11H,8,16H2,1-4H3,(H,17,20)(H,18,19)/t11-/m0/s1. The van der Waals surface area contributed by atoms with E-state index in [4.69, 9.17) is 20.3 Å². The van der Waals surface area contributed by atoms with Gasteiger partial charge in [0.05, 0.1) is 10.6 Å². The maximum absolute atomic E-state index is 11.7. The predicted octanol–water partition coefficient (Wildman–Crippen LogP) is 1.03. The van der Waals surface area contributed by atoms with Crippen LogP contribution in [0.5, 0.6) is 5.75 Å². The number of carbonyl (C=O) groups excluding carboxylic acids is 1. The number of ether oxygens (including phenoxy) is 2. The monoisotopic (exact) mass is 374 g/mol. The van der Waals surface area contributed by atoms with Crippen LogP contribution in [0.4, 0.5) is 10.5 Å². The zero-order chi connectivity index (χ0) is 19.4. The Kier molecular flexibility index (Phi) is 6.25. The lowest BCUT2D eigenvalue weighted by molar-refractivity contribution is -0.140. The van der Waals surface area contributed by atoms with Gasteiger partial charge in [-0.3, -0.25) is 0 Å². The third-order valence-corrected chi connectivity index (χ3v) is 3.91. The van der Waals surface area contributed by atoms with Crippen molar-refractivity contribution in [3.05, 3.63) is 18.2 Å². The Balaban J connectivity index is 2.79. The van der Waals surface area contributed by atoms with Gasteiger partial charge >= 0.3 is 12.1 Å². The number of hydrogen-bond acceptors (Lipinski definition) is 7. The van der Waals surface area contributed by atoms with Crippen molar-refractivity contribution in [2.24, 2.45) is 0 Å². The maximum Gasteiger partial charge on any atom is 0.408 e. The molecule has 1 atom stereocenters. The van der Waals surface area contributed by atoms with E-state index in [1.54, 1.807) is 20.8 Å². The van der Waals surface area contributed by atoms with Crippen molar-refractivity contribution in [2.45, 2.75) is 37.3 Å². The Labute approximate surface area is 146 Å². The zero-order valence-electron chi connectivity index (χ0n) is 14.4. The Hall–Kier alpha value is -2.49. The summed E-state index contributed by atoms with van der Waals surface area (Å²) in [6.45, 7) is 4.51. The second kappa shape index (κ2) is 7.60. The van der Waals surface area contributed by atoms with Crippen molar-refractivity contribution in [2.75, 3.05) is 18.6 Å². The number of anilines is 1. The van der Waals surface area contributed by atoms with Gasteiger partial charge in [-0.05, 0) is 39.0 Å². The molecule has 0 aliphatic heterocycles. The summed E-state index contributed by atoms with van der Waals surface area (Å²) in [5.74, 6) is -1.22. The molecule has 0 aliphatic carbocycles. The van der Waals surface area contributed by atoms with Gasteiger partial charge in [0, 0.05) is 6.26 Å². The predicted molar refractivity (Wildman–Crippen MR) is 90.3 cm³/mol. The Bertz CT molecular complexity index is 754. The zero-order valence-corrected chi connectivity index (χ0v) is 15.2. The number of carboxylic acid groups (broad SMARTS) is 1. The molecule has 9 nitrogen and oxygen atoms in total. The molecule has 1 aromatic carbocycles. The highest BCUT2D eigenvalue weighted by atomic mass is 32.2. The SMILES string of the molecule is CC(C)(C)OC(=O)N[C@@H](COc1ccc(S(C)(=O)=O)cc1N)C(=O)O. The van der Waals surface area contributed by atoms with E-state index in [2.05, 4.69) is 5.32 Å². The van der Waals surface area contributed by atoms with Crippen molar-refractivity contribution < 1.29 is 32.6 Å². The maximum atomic E-state index is 11.7. The fourth-order valence-corrected chi connectivity index (χ4v) is 2.34. The number of hydrogen-bond donors (Lipinski definition) is 3. The molecule has 10 heteroatoms. The molecule has 25 heavy (non-hydrogen) atoms. The van der Waals surface area contributed by atoms with Gasteiger partial charge in [-0.15, -0.1) is 0 Å². The molecule has 140 valence electrons.